The molecule has 0 spiro atoms. The second-order valence-electron chi connectivity index (χ2n) is 6.02. The zero-order valence-corrected chi connectivity index (χ0v) is 13.2. The molecule has 0 atom stereocenters. The van der Waals surface area contributed by atoms with E-state index < -0.39 is 0 Å². The van der Waals surface area contributed by atoms with Gasteiger partial charge in [-0.3, -0.25) is 0 Å². The van der Waals surface area contributed by atoms with Gasteiger partial charge in [-0.05, 0) is 40.5 Å². The molecule has 0 fully saturated rings. The zero-order chi connectivity index (χ0) is 14.5. The summed E-state index contributed by atoms with van der Waals surface area (Å²) < 4.78 is 0. The molecule has 1 rings (SSSR count). The van der Waals surface area contributed by atoms with Gasteiger partial charge in [-0.2, -0.15) is 0 Å². The summed E-state index contributed by atoms with van der Waals surface area (Å²) in [5.41, 5.74) is 0.0123. The van der Waals surface area contributed by atoms with Gasteiger partial charge in [0.2, 0.25) is 0 Å². The molecule has 1 heterocycles. The number of rotatable bonds is 6. The van der Waals surface area contributed by atoms with Crippen LogP contribution in [-0.4, -0.2) is 28.6 Å². The van der Waals surface area contributed by atoms with Crippen LogP contribution in [0.3, 0.4) is 0 Å². The quantitative estimate of drug-likeness (QED) is 0.852. The van der Waals surface area contributed by atoms with Gasteiger partial charge >= 0.3 is 0 Å². The standard InChI is InChI=1S/C15H28N4/c1-7-9-19(10-8-2)14-11-13(16-12(3)17-14)18-15(4,5)6/h11H,7-10H2,1-6H3,(H,16,17,18). The van der Waals surface area contributed by atoms with Crippen molar-refractivity contribution in [1.29, 1.82) is 0 Å². The third-order valence-electron chi connectivity index (χ3n) is 2.64. The number of nitrogens with zero attached hydrogens (tertiary/aromatic N) is 3. The molecule has 0 aromatic carbocycles. The summed E-state index contributed by atoms with van der Waals surface area (Å²) in [5, 5.41) is 3.42. The van der Waals surface area contributed by atoms with E-state index in [0.29, 0.717) is 0 Å². The van der Waals surface area contributed by atoms with Crippen molar-refractivity contribution in [2.45, 2.75) is 59.9 Å². The van der Waals surface area contributed by atoms with Gasteiger partial charge in [0.05, 0.1) is 0 Å². The van der Waals surface area contributed by atoms with Gasteiger partial charge in [0.1, 0.15) is 17.5 Å². The van der Waals surface area contributed by atoms with Crippen molar-refractivity contribution in [1.82, 2.24) is 9.97 Å². The number of aromatic nitrogens is 2. The molecule has 0 aliphatic rings. The summed E-state index contributed by atoms with van der Waals surface area (Å²) in [5.74, 6) is 2.76. The fraction of sp³-hybridized carbons (Fsp3) is 0.733. The Hall–Kier alpha value is -1.32. The number of nitrogens with one attached hydrogen (secondary N) is 1. The molecule has 0 saturated heterocycles. The van der Waals surface area contributed by atoms with E-state index in [1.807, 2.05) is 6.92 Å². The van der Waals surface area contributed by atoms with E-state index >= 15 is 0 Å². The van der Waals surface area contributed by atoms with Gasteiger partial charge < -0.3 is 10.2 Å². The van der Waals surface area contributed by atoms with Crippen molar-refractivity contribution in [3.8, 4) is 0 Å². The van der Waals surface area contributed by atoms with Crippen LogP contribution in [0.15, 0.2) is 6.07 Å². The first-order chi connectivity index (χ1) is 8.85. The first-order valence-corrected chi connectivity index (χ1v) is 7.24. The highest BCUT2D eigenvalue weighted by molar-refractivity contribution is 5.50. The third kappa shape index (κ3) is 5.45. The fourth-order valence-electron chi connectivity index (χ4n) is 2.04. The first kappa shape index (κ1) is 15.7. The molecule has 4 heteroatoms. The average molecular weight is 264 g/mol. The van der Waals surface area contributed by atoms with E-state index in [1.54, 1.807) is 0 Å². The highest BCUT2D eigenvalue weighted by Gasteiger charge is 2.13. The molecule has 0 unspecified atom stereocenters. The van der Waals surface area contributed by atoms with Crippen LogP contribution >= 0.6 is 0 Å². The molecule has 19 heavy (non-hydrogen) atoms. The lowest BCUT2D eigenvalue weighted by molar-refractivity contribution is 0.629. The molecule has 1 N–H and O–H groups in total. The second-order valence-corrected chi connectivity index (χ2v) is 6.02. The summed E-state index contributed by atoms with van der Waals surface area (Å²) in [4.78, 5) is 11.4. The van der Waals surface area contributed by atoms with Crippen LogP contribution in [0.4, 0.5) is 11.6 Å². The Labute approximate surface area is 117 Å². The van der Waals surface area contributed by atoms with E-state index in [9.17, 15) is 0 Å². The van der Waals surface area contributed by atoms with Gasteiger partial charge in [0, 0.05) is 24.7 Å². The molecule has 0 amide bonds. The molecule has 1 aromatic rings. The van der Waals surface area contributed by atoms with Crippen LogP contribution in [0, 0.1) is 6.92 Å². The fourth-order valence-corrected chi connectivity index (χ4v) is 2.04. The maximum absolute atomic E-state index is 4.58. The minimum Gasteiger partial charge on any atom is -0.365 e. The van der Waals surface area contributed by atoms with Gasteiger partial charge in [-0.25, -0.2) is 9.97 Å². The molecule has 0 radical (unpaired) electrons. The Morgan fingerprint density at radius 1 is 1.11 bits per heavy atom. The largest absolute Gasteiger partial charge is 0.365 e. The number of aryl methyl sites for hydroxylation is 1. The maximum Gasteiger partial charge on any atom is 0.134 e. The lowest BCUT2D eigenvalue weighted by Gasteiger charge is -2.25. The van der Waals surface area contributed by atoms with E-state index in [4.69, 9.17) is 0 Å². The van der Waals surface area contributed by atoms with Crippen LogP contribution in [0.2, 0.25) is 0 Å². The van der Waals surface area contributed by atoms with Gasteiger partial charge in [0.25, 0.3) is 0 Å². The summed E-state index contributed by atoms with van der Waals surface area (Å²) in [7, 11) is 0. The molecule has 0 bridgehead atoms. The van der Waals surface area contributed by atoms with Crippen molar-refractivity contribution in [3.05, 3.63) is 11.9 Å². The molecule has 0 saturated carbocycles. The predicted octanol–water partition coefficient (Wildman–Crippen LogP) is 3.62. The minimum absolute atomic E-state index is 0.0123. The second kappa shape index (κ2) is 6.73. The smallest absolute Gasteiger partial charge is 0.134 e. The van der Waals surface area contributed by atoms with Crippen molar-refractivity contribution in [2.75, 3.05) is 23.3 Å². The van der Waals surface area contributed by atoms with Crippen molar-refractivity contribution >= 4 is 11.6 Å². The summed E-state index contributed by atoms with van der Waals surface area (Å²) in [6, 6.07) is 2.06. The number of hydrogen-bond acceptors (Lipinski definition) is 4. The van der Waals surface area contributed by atoms with E-state index in [-0.39, 0.29) is 5.54 Å². The Morgan fingerprint density at radius 3 is 2.16 bits per heavy atom. The molecule has 0 aliphatic heterocycles. The lowest BCUT2D eigenvalue weighted by atomic mass is 10.1. The number of anilines is 2. The first-order valence-electron chi connectivity index (χ1n) is 7.24. The molecule has 108 valence electrons. The van der Waals surface area contributed by atoms with E-state index in [1.165, 1.54) is 0 Å². The zero-order valence-electron chi connectivity index (χ0n) is 13.2. The Kier molecular flexibility index (Phi) is 5.58. The van der Waals surface area contributed by atoms with E-state index in [2.05, 4.69) is 60.9 Å². The minimum atomic E-state index is 0.0123. The van der Waals surface area contributed by atoms with Crippen molar-refractivity contribution in [3.63, 3.8) is 0 Å². The topological polar surface area (TPSA) is 41.0 Å². The van der Waals surface area contributed by atoms with Crippen molar-refractivity contribution in [2.24, 2.45) is 0 Å². The third-order valence-corrected chi connectivity index (χ3v) is 2.64. The van der Waals surface area contributed by atoms with Crippen LogP contribution in [0.1, 0.15) is 53.3 Å². The number of hydrogen-bond donors (Lipinski definition) is 1. The summed E-state index contributed by atoms with van der Waals surface area (Å²) in [6.45, 7) is 14.8. The lowest BCUT2D eigenvalue weighted by Crippen LogP contribution is -2.29. The monoisotopic (exact) mass is 264 g/mol. The molecule has 0 aliphatic carbocycles. The summed E-state index contributed by atoms with van der Waals surface area (Å²) >= 11 is 0. The van der Waals surface area contributed by atoms with Crippen LogP contribution in [0.5, 0.6) is 0 Å². The summed E-state index contributed by atoms with van der Waals surface area (Å²) in [6.07, 6.45) is 2.26. The Balaban J connectivity index is 2.99. The molecule has 4 nitrogen and oxygen atoms in total. The molecular weight excluding hydrogens is 236 g/mol. The van der Waals surface area contributed by atoms with Gasteiger partial charge in [0.15, 0.2) is 0 Å². The molecule has 1 aromatic heterocycles. The molecular formula is C15H28N4. The SMILES string of the molecule is CCCN(CCC)c1cc(NC(C)(C)C)nc(C)n1. The predicted molar refractivity (Wildman–Crippen MR) is 82.9 cm³/mol. The van der Waals surface area contributed by atoms with Crippen LogP contribution in [-0.2, 0) is 0 Å². The van der Waals surface area contributed by atoms with Gasteiger partial charge in [-0.15, -0.1) is 0 Å². The Morgan fingerprint density at radius 2 is 1.68 bits per heavy atom. The van der Waals surface area contributed by atoms with Crippen molar-refractivity contribution < 1.29 is 0 Å². The maximum atomic E-state index is 4.58. The van der Waals surface area contributed by atoms with E-state index in [0.717, 1.165) is 43.4 Å². The highest BCUT2D eigenvalue weighted by atomic mass is 15.2. The Bertz CT molecular complexity index is 390. The highest BCUT2D eigenvalue weighted by Crippen LogP contribution is 2.19. The van der Waals surface area contributed by atoms with Gasteiger partial charge in [-0.1, -0.05) is 13.8 Å². The van der Waals surface area contributed by atoms with Crippen LogP contribution in [0.25, 0.3) is 0 Å². The average Bonchev–Trinajstić information content (AvgIpc) is 2.25. The van der Waals surface area contributed by atoms with Crippen LogP contribution < -0.4 is 10.2 Å². The normalized spacial score (nSPS) is 11.5.